The number of carbonyl (C=O) groups is 1. The maximum absolute atomic E-state index is 12.6. The number of benzene rings is 1. The molecule has 138 valence electrons. The van der Waals surface area contributed by atoms with Crippen LogP contribution in [0.15, 0.2) is 47.2 Å². The van der Waals surface area contributed by atoms with E-state index in [0.717, 1.165) is 5.56 Å². The monoisotopic (exact) mass is 366 g/mol. The number of rotatable bonds is 5. The topological polar surface area (TPSA) is 90.6 Å². The van der Waals surface area contributed by atoms with Gasteiger partial charge in [0, 0.05) is 49.1 Å². The molecule has 27 heavy (non-hydrogen) atoms. The first kappa shape index (κ1) is 17.0. The van der Waals surface area contributed by atoms with Crippen LogP contribution in [0.25, 0.3) is 11.4 Å². The number of pyridine rings is 1. The molecule has 1 amide bonds. The van der Waals surface area contributed by atoms with Crippen LogP contribution in [0.3, 0.4) is 0 Å². The molecule has 1 aromatic carbocycles. The highest BCUT2D eigenvalue weighted by atomic mass is 16.5. The van der Waals surface area contributed by atoms with Crippen LogP contribution >= 0.6 is 0 Å². The van der Waals surface area contributed by atoms with Crippen molar-refractivity contribution < 1.29 is 18.8 Å². The average Bonchev–Trinajstić information content (AvgIpc) is 3.35. The van der Waals surface area contributed by atoms with Crippen LogP contribution in [-0.2, 0) is 4.79 Å². The summed E-state index contributed by atoms with van der Waals surface area (Å²) in [4.78, 5) is 22.7. The molecular formula is C19H18N4O4. The van der Waals surface area contributed by atoms with E-state index in [2.05, 4.69) is 15.1 Å². The molecule has 0 spiro atoms. The fraction of sp³-hybridized carbons (Fsp3) is 0.263. The Labute approximate surface area is 155 Å². The molecule has 3 aromatic rings. The second kappa shape index (κ2) is 7.06. The van der Waals surface area contributed by atoms with E-state index in [1.807, 2.05) is 12.1 Å². The lowest BCUT2D eigenvalue weighted by atomic mass is 10.1. The van der Waals surface area contributed by atoms with Gasteiger partial charge in [0.05, 0.1) is 25.8 Å². The highest BCUT2D eigenvalue weighted by Gasteiger charge is 2.35. The minimum atomic E-state index is -0.169. The molecule has 8 nitrogen and oxygen atoms in total. The van der Waals surface area contributed by atoms with Gasteiger partial charge in [0.25, 0.3) is 0 Å². The Bertz CT molecular complexity index is 935. The van der Waals surface area contributed by atoms with E-state index < -0.39 is 0 Å². The van der Waals surface area contributed by atoms with Gasteiger partial charge in [-0.15, -0.1) is 0 Å². The first-order valence-electron chi connectivity index (χ1n) is 8.45. The molecule has 3 heterocycles. The van der Waals surface area contributed by atoms with Crippen molar-refractivity contribution in [2.45, 2.75) is 12.3 Å². The minimum absolute atomic E-state index is 0.0148. The lowest BCUT2D eigenvalue weighted by molar-refractivity contribution is -0.117. The lowest BCUT2D eigenvalue weighted by Gasteiger charge is -2.18. The molecule has 1 aliphatic heterocycles. The smallest absolute Gasteiger partial charge is 0.232 e. The van der Waals surface area contributed by atoms with Gasteiger partial charge in [-0.05, 0) is 12.1 Å². The van der Waals surface area contributed by atoms with Crippen LogP contribution < -0.4 is 14.4 Å². The highest BCUT2D eigenvalue weighted by Crippen LogP contribution is 2.35. The van der Waals surface area contributed by atoms with Gasteiger partial charge >= 0.3 is 0 Å². The Morgan fingerprint density at radius 1 is 1.11 bits per heavy atom. The quantitative estimate of drug-likeness (QED) is 0.685. The number of aromatic nitrogens is 3. The molecule has 0 aliphatic carbocycles. The van der Waals surface area contributed by atoms with Crippen LogP contribution in [0, 0.1) is 0 Å². The molecule has 0 N–H and O–H groups in total. The number of methoxy groups -OCH3 is 2. The van der Waals surface area contributed by atoms with Crippen molar-refractivity contribution in [3.63, 3.8) is 0 Å². The van der Waals surface area contributed by atoms with Crippen molar-refractivity contribution >= 4 is 11.6 Å². The molecule has 0 radical (unpaired) electrons. The van der Waals surface area contributed by atoms with Crippen molar-refractivity contribution in [3.05, 3.63) is 48.6 Å². The number of hydrogen-bond acceptors (Lipinski definition) is 7. The first-order valence-corrected chi connectivity index (χ1v) is 8.45. The zero-order valence-corrected chi connectivity index (χ0v) is 15.0. The summed E-state index contributed by atoms with van der Waals surface area (Å²) in [6.07, 6.45) is 3.64. The Morgan fingerprint density at radius 3 is 2.48 bits per heavy atom. The van der Waals surface area contributed by atoms with Crippen LogP contribution in [0.4, 0.5) is 5.69 Å². The molecule has 1 saturated heterocycles. The van der Waals surface area contributed by atoms with Gasteiger partial charge in [-0.3, -0.25) is 9.78 Å². The molecule has 1 fully saturated rings. The second-order valence-electron chi connectivity index (χ2n) is 6.17. The summed E-state index contributed by atoms with van der Waals surface area (Å²) < 4.78 is 16.0. The normalized spacial score (nSPS) is 16.6. The molecule has 0 bridgehead atoms. The SMILES string of the molecule is COc1cc(OC)cc(N2CC(c3nc(-c4ccncc4)no3)CC2=O)c1. The number of nitrogens with zero attached hydrogens (tertiary/aromatic N) is 4. The van der Waals surface area contributed by atoms with E-state index in [-0.39, 0.29) is 11.8 Å². The molecule has 8 heteroatoms. The fourth-order valence-electron chi connectivity index (χ4n) is 3.09. The molecule has 0 saturated carbocycles. The Kier molecular flexibility index (Phi) is 4.45. The number of anilines is 1. The highest BCUT2D eigenvalue weighted by molar-refractivity contribution is 5.96. The third-order valence-electron chi connectivity index (χ3n) is 4.50. The van der Waals surface area contributed by atoms with Gasteiger partial charge in [0.2, 0.25) is 17.6 Å². The van der Waals surface area contributed by atoms with Crippen molar-refractivity contribution in [1.82, 2.24) is 15.1 Å². The van der Waals surface area contributed by atoms with Crippen LogP contribution in [-0.4, -0.2) is 41.8 Å². The first-order chi connectivity index (χ1) is 13.2. The summed E-state index contributed by atoms with van der Waals surface area (Å²) in [6.45, 7) is 0.452. The molecule has 1 aliphatic rings. The number of ether oxygens (including phenoxy) is 2. The van der Waals surface area contributed by atoms with Gasteiger partial charge in [-0.25, -0.2) is 0 Å². The summed E-state index contributed by atoms with van der Waals surface area (Å²) in [7, 11) is 3.15. The summed E-state index contributed by atoms with van der Waals surface area (Å²) in [5.41, 5.74) is 1.53. The van der Waals surface area contributed by atoms with E-state index in [9.17, 15) is 4.79 Å². The summed E-state index contributed by atoms with van der Waals surface area (Å²) >= 11 is 0. The van der Waals surface area contributed by atoms with Gasteiger partial charge in [0.1, 0.15) is 11.5 Å². The minimum Gasteiger partial charge on any atom is -0.497 e. The third kappa shape index (κ3) is 3.33. The van der Waals surface area contributed by atoms with Gasteiger partial charge in [-0.1, -0.05) is 5.16 Å². The second-order valence-corrected chi connectivity index (χ2v) is 6.17. The fourth-order valence-corrected chi connectivity index (χ4v) is 3.09. The zero-order valence-electron chi connectivity index (χ0n) is 15.0. The van der Waals surface area contributed by atoms with Crippen molar-refractivity contribution in [1.29, 1.82) is 0 Å². The van der Waals surface area contributed by atoms with Gasteiger partial charge in [0.15, 0.2) is 0 Å². The maximum atomic E-state index is 12.6. The Hall–Kier alpha value is -3.42. The third-order valence-corrected chi connectivity index (χ3v) is 4.50. The van der Waals surface area contributed by atoms with Crippen LogP contribution in [0.1, 0.15) is 18.2 Å². The summed E-state index contributed by atoms with van der Waals surface area (Å²) in [5, 5.41) is 4.02. The molecule has 2 aromatic heterocycles. The standard InChI is InChI=1S/C19H18N4O4/c1-25-15-8-14(9-16(10-15)26-2)23-11-13(7-17(23)24)19-21-18(22-27-19)12-3-5-20-6-4-12/h3-6,8-10,13H,7,11H2,1-2H3. The maximum Gasteiger partial charge on any atom is 0.232 e. The van der Waals surface area contributed by atoms with E-state index in [1.165, 1.54) is 0 Å². The Balaban J connectivity index is 1.57. The molecular weight excluding hydrogens is 348 g/mol. The van der Waals surface area contributed by atoms with Crippen molar-refractivity contribution in [2.24, 2.45) is 0 Å². The number of amides is 1. The van der Waals surface area contributed by atoms with Crippen LogP contribution in [0.5, 0.6) is 11.5 Å². The summed E-state index contributed by atoms with van der Waals surface area (Å²) in [5.74, 6) is 2.00. The lowest BCUT2D eigenvalue weighted by Crippen LogP contribution is -2.24. The predicted molar refractivity (Wildman–Crippen MR) is 96.8 cm³/mol. The van der Waals surface area contributed by atoms with Crippen molar-refractivity contribution in [3.8, 4) is 22.9 Å². The predicted octanol–water partition coefficient (Wildman–Crippen LogP) is 2.67. The number of carbonyl (C=O) groups excluding carboxylic acids is 1. The van der Waals surface area contributed by atoms with Crippen molar-refractivity contribution in [2.75, 3.05) is 25.7 Å². The Morgan fingerprint density at radius 2 is 1.81 bits per heavy atom. The average molecular weight is 366 g/mol. The van der Waals surface area contributed by atoms with Crippen LogP contribution in [0.2, 0.25) is 0 Å². The molecule has 1 atom stereocenters. The van der Waals surface area contributed by atoms with Gasteiger partial charge in [-0.2, -0.15) is 4.98 Å². The van der Waals surface area contributed by atoms with E-state index in [1.54, 1.807) is 49.7 Å². The van der Waals surface area contributed by atoms with E-state index in [4.69, 9.17) is 14.0 Å². The molecule has 4 rings (SSSR count). The summed E-state index contributed by atoms with van der Waals surface area (Å²) in [6, 6.07) is 8.99. The largest absolute Gasteiger partial charge is 0.497 e. The number of hydrogen-bond donors (Lipinski definition) is 0. The zero-order chi connectivity index (χ0) is 18.8. The van der Waals surface area contributed by atoms with E-state index >= 15 is 0 Å². The van der Waals surface area contributed by atoms with Gasteiger partial charge < -0.3 is 18.9 Å². The molecule has 1 unspecified atom stereocenters. The van der Waals surface area contributed by atoms with E-state index in [0.29, 0.717) is 41.9 Å².